The van der Waals surface area contributed by atoms with Gasteiger partial charge in [-0.3, -0.25) is 4.90 Å². The highest BCUT2D eigenvalue weighted by atomic mass is 19.1. The minimum atomic E-state index is -1.67. The quantitative estimate of drug-likeness (QED) is 0.576. The molecule has 0 spiro atoms. The molecule has 34 heavy (non-hydrogen) atoms. The first-order valence-electron chi connectivity index (χ1n) is 11.3. The topological polar surface area (TPSA) is 81.2 Å². The molecule has 2 atom stereocenters. The number of hydrogen-bond donors (Lipinski definition) is 1. The van der Waals surface area contributed by atoms with E-state index in [0.717, 1.165) is 43.8 Å². The lowest BCUT2D eigenvalue weighted by Crippen LogP contribution is -2.55. The number of aromatic nitrogens is 3. The van der Waals surface area contributed by atoms with Gasteiger partial charge >= 0.3 is 0 Å². The molecule has 0 saturated carbocycles. The molecule has 2 heterocycles. The van der Waals surface area contributed by atoms with Crippen molar-refractivity contribution < 1.29 is 13.9 Å². The van der Waals surface area contributed by atoms with E-state index in [0.29, 0.717) is 5.56 Å². The third-order valence-electron chi connectivity index (χ3n) is 6.95. The highest BCUT2D eigenvalue weighted by molar-refractivity contribution is 5.51. The molecule has 9 heteroatoms. The van der Waals surface area contributed by atoms with Crippen molar-refractivity contribution >= 4 is 5.69 Å². The van der Waals surface area contributed by atoms with Crippen LogP contribution in [-0.2, 0) is 12.1 Å². The third-order valence-corrected chi connectivity index (χ3v) is 6.95. The van der Waals surface area contributed by atoms with Gasteiger partial charge in [-0.2, -0.15) is 10.4 Å². The standard InChI is InChI=1S/C25H28F2N6O/c1-18(25(34,15-33-17-29-16-30-33)23-7-6-20(26)13-24(23)27)31(2)21-8-10-32(11-9-21)22-5-3-4-19(12-22)14-28/h3-7,12-13,16-18,21,34H,8-11,15H2,1-2H3/t18-,25-/m1/s1. The molecule has 1 aromatic heterocycles. The lowest BCUT2D eigenvalue weighted by Gasteiger charge is -2.45. The second kappa shape index (κ2) is 9.87. The summed E-state index contributed by atoms with van der Waals surface area (Å²) in [5.74, 6) is -1.49. The summed E-state index contributed by atoms with van der Waals surface area (Å²) in [5.41, 5.74) is 0.00188. The Labute approximate surface area is 197 Å². The van der Waals surface area contributed by atoms with Gasteiger partial charge in [-0.1, -0.05) is 12.1 Å². The molecule has 0 unspecified atom stereocenters. The van der Waals surface area contributed by atoms with Gasteiger partial charge < -0.3 is 10.0 Å². The van der Waals surface area contributed by atoms with E-state index in [-0.39, 0.29) is 18.2 Å². The third kappa shape index (κ3) is 4.79. The van der Waals surface area contributed by atoms with E-state index in [2.05, 4.69) is 26.0 Å². The van der Waals surface area contributed by atoms with E-state index in [9.17, 15) is 19.1 Å². The molecule has 1 aliphatic rings. The summed E-state index contributed by atoms with van der Waals surface area (Å²) in [4.78, 5) is 8.25. The molecule has 0 bridgehead atoms. The van der Waals surface area contributed by atoms with E-state index in [1.165, 1.54) is 23.4 Å². The van der Waals surface area contributed by atoms with E-state index >= 15 is 0 Å². The predicted octanol–water partition coefficient (Wildman–Crippen LogP) is 3.31. The second-order valence-electron chi connectivity index (χ2n) is 8.86. The van der Waals surface area contributed by atoms with Crippen molar-refractivity contribution in [1.82, 2.24) is 19.7 Å². The lowest BCUT2D eigenvalue weighted by molar-refractivity contribution is -0.0697. The van der Waals surface area contributed by atoms with Crippen LogP contribution in [0.3, 0.4) is 0 Å². The normalized spacial score (nSPS) is 17.4. The molecule has 0 amide bonds. The predicted molar refractivity (Wildman–Crippen MR) is 124 cm³/mol. The van der Waals surface area contributed by atoms with Crippen LogP contribution in [0, 0.1) is 23.0 Å². The number of aliphatic hydroxyl groups is 1. The monoisotopic (exact) mass is 466 g/mol. The van der Waals surface area contributed by atoms with Crippen LogP contribution in [-0.4, -0.2) is 57.0 Å². The van der Waals surface area contributed by atoms with Crippen molar-refractivity contribution in [3.63, 3.8) is 0 Å². The maximum Gasteiger partial charge on any atom is 0.137 e. The molecule has 1 saturated heterocycles. The average molecular weight is 467 g/mol. The van der Waals surface area contributed by atoms with E-state index in [1.807, 2.05) is 32.2 Å². The van der Waals surface area contributed by atoms with Gasteiger partial charge in [0.2, 0.25) is 0 Å². The zero-order valence-electron chi connectivity index (χ0n) is 19.3. The maximum absolute atomic E-state index is 14.8. The SMILES string of the molecule is C[C@@H](N(C)C1CCN(c2cccc(C#N)c2)CC1)[C@](O)(Cn1cncn1)c1ccc(F)cc1F. The van der Waals surface area contributed by atoms with Crippen LogP contribution in [0.1, 0.15) is 30.9 Å². The highest BCUT2D eigenvalue weighted by Gasteiger charge is 2.43. The van der Waals surface area contributed by atoms with Crippen LogP contribution in [0.4, 0.5) is 14.5 Å². The summed E-state index contributed by atoms with van der Waals surface area (Å²) in [6.45, 7) is 3.41. The minimum absolute atomic E-state index is 0.0227. The number of nitrogens with zero attached hydrogens (tertiary/aromatic N) is 6. The number of halogens is 2. The Morgan fingerprint density at radius 1 is 1.24 bits per heavy atom. The van der Waals surface area contributed by atoms with Crippen molar-refractivity contribution in [3.05, 3.63) is 77.9 Å². The molecule has 4 rings (SSSR count). The summed E-state index contributed by atoms with van der Waals surface area (Å²) in [7, 11) is 1.93. The van der Waals surface area contributed by atoms with Crippen LogP contribution in [0.25, 0.3) is 0 Å². The first-order chi connectivity index (χ1) is 16.3. The van der Waals surface area contributed by atoms with Gasteiger partial charge in [-0.15, -0.1) is 0 Å². The van der Waals surface area contributed by atoms with Crippen molar-refractivity contribution in [1.29, 1.82) is 5.26 Å². The Balaban J connectivity index is 1.53. The zero-order valence-corrected chi connectivity index (χ0v) is 19.3. The fourth-order valence-corrected chi connectivity index (χ4v) is 4.80. The Hall–Kier alpha value is -3.35. The first kappa shape index (κ1) is 23.8. The van der Waals surface area contributed by atoms with Crippen LogP contribution in [0.15, 0.2) is 55.1 Å². The molecule has 7 nitrogen and oxygen atoms in total. The van der Waals surface area contributed by atoms with Gasteiger partial charge in [0.25, 0.3) is 0 Å². The zero-order chi connectivity index (χ0) is 24.3. The minimum Gasteiger partial charge on any atom is -0.381 e. The fraction of sp³-hybridized carbons (Fsp3) is 0.400. The largest absolute Gasteiger partial charge is 0.381 e. The first-order valence-corrected chi connectivity index (χ1v) is 11.3. The molecule has 0 aliphatic carbocycles. The molecular weight excluding hydrogens is 438 g/mol. The number of piperidine rings is 1. The number of hydrogen-bond acceptors (Lipinski definition) is 6. The summed E-state index contributed by atoms with van der Waals surface area (Å²) >= 11 is 0. The smallest absolute Gasteiger partial charge is 0.137 e. The van der Waals surface area contributed by atoms with Crippen molar-refractivity contribution in [3.8, 4) is 6.07 Å². The van der Waals surface area contributed by atoms with Gasteiger partial charge in [-0.25, -0.2) is 18.4 Å². The number of rotatable bonds is 7. The fourth-order valence-electron chi connectivity index (χ4n) is 4.80. The molecule has 3 aromatic rings. The number of anilines is 1. The Kier molecular flexibility index (Phi) is 6.91. The Bertz CT molecular complexity index is 1160. The van der Waals surface area contributed by atoms with E-state index in [1.54, 1.807) is 6.07 Å². The summed E-state index contributed by atoms with van der Waals surface area (Å²) in [6.07, 6.45) is 4.49. The number of benzene rings is 2. The van der Waals surface area contributed by atoms with Crippen molar-refractivity contribution in [2.75, 3.05) is 25.0 Å². The second-order valence-corrected chi connectivity index (χ2v) is 8.86. The van der Waals surface area contributed by atoms with Crippen molar-refractivity contribution in [2.24, 2.45) is 0 Å². The molecule has 0 radical (unpaired) electrons. The highest BCUT2D eigenvalue weighted by Crippen LogP contribution is 2.34. The van der Waals surface area contributed by atoms with E-state index in [4.69, 9.17) is 0 Å². The van der Waals surface area contributed by atoms with Crippen LogP contribution in [0.5, 0.6) is 0 Å². The molecular formula is C25H28F2N6O. The van der Waals surface area contributed by atoms with Gasteiger partial charge in [0, 0.05) is 42.5 Å². The van der Waals surface area contributed by atoms with Crippen LogP contribution >= 0.6 is 0 Å². The maximum atomic E-state index is 14.8. The van der Waals surface area contributed by atoms with E-state index < -0.39 is 23.3 Å². The molecule has 1 fully saturated rings. The Morgan fingerprint density at radius 2 is 2.00 bits per heavy atom. The average Bonchev–Trinajstić information content (AvgIpc) is 3.36. The summed E-state index contributed by atoms with van der Waals surface area (Å²) in [6, 6.07) is 12.6. The number of nitriles is 1. The molecule has 2 aromatic carbocycles. The van der Waals surface area contributed by atoms with Crippen LogP contribution < -0.4 is 4.90 Å². The van der Waals surface area contributed by atoms with Gasteiger partial charge in [0.15, 0.2) is 0 Å². The molecule has 178 valence electrons. The van der Waals surface area contributed by atoms with Crippen LogP contribution in [0.2, 0.25) is 0 Å². The molecule has 1 N–H and O–H groups in total. The Morgan fingerprint density at radius 3 is 2.65 bits per heavy atom. The van der Waals surface area contributed by atoms with Crippen molar-refractivity contribution in [2.45, 2.75) is 44.0 Å². The summed E-state index contributed by atoms with van der Waals surface area (Å²) < 4.78 is 29.9. The molecule has 1 aliphatic heterocycles. The summed E-state index contributed by atoms with van der Waals surface area (Å²) in [5, 5.41) is 25.1. The lowest BCUT2D eigenvalue weighted by atomic mass is 9.84. The van der Waals surface area contributed by atoms with Gasteiger partial charge in [0.1, 0.15) is 29.9 Å². The number of likely N-dealkylation sites (N-methyl/N-ethyl adjacent to an activating group) is 1. The van der Waals surface area contributed by atoms with Gasteiger partial charge in [0.05, 0.1) is 18.2 Å². The van der Waals surface area contributed by atoms with Gasteiger partial charge in [-0.05, 0) is 51.1 Å².